The van der Waals surface area contributed by atoms with E-state index in [-0.39, 0.29) is 6.04 Å². The lowest BCUT2D eigenvalue weighted by Crippen LogP contribution is -2.31. The number of aromatic nitrogens is 3. The number of nitrogens with two attached hydrogens (primary N) is 1. The maximum atomic E-state index is 9.16. The second-order valence-corrected chi connectivity index (χ2v) is 7.07. The summed E-state index contributed by atoms with van der Waals surface area (Å²) in [6.45, 7) is 4.88. The molecule has 0 spiro atoms. The van der Waals surface area contributed by atoms with Gasteiger partial charge in [-0.05, 0) is 45.1 Å². The predicted octanol–water partition coefficient (Wildman–Crippen LogP) is 2.65. The van der Waals surface area contributed by atoms with E-state index in [4.69, 9.17) is 11.0 Å². The molecule has 0 radical (unpaired) electrons. The minimum absolute atomic E-state index is 0.194. The fourth-order valence-electron chi connectivity index (χ4n) is 3.31. The molecule has 0 saturated heterocycles. The van der Waals surface area contributed by atoms with Crippen molar-refractivity contribution in [3.05, 3.63) is 18.0 Å². The monoisotopic (exact) mass is 339 g/mol. The Bertz CT molecular complexity index is 781. The summed E-state index contributed by atoms with van der Waals surface area (Å²) in [5, 5.41) is 16.6. The van der Waals surface area contributed by atoms with Gasteiger partial charge < -0.3 is 16.4 Å². The van der Waals surface area contributed by atoms with Crippen LogP contribution in [0.5, 0.6) is 0 Å². The highest BCUT2D eigenvalue weighted by atomic mass is 15.1. The van der Waals surface area contributed by atoms with Crippen molar-refractivity contribution >= 4 is 22.7 Å². The van der Waals surface area contributed by atoms with E-state index in [0.29, 0.717) is 29.4 Å². The Morgan fingerprint density at radius 1 is 1.36 bits per heavy atom. The molecule has 0 aromatic carbocycles. The molecule has 1 aliphatic carbocycles. The van der Waals surface area contributed by atoms with Crippen molar-refractivity contribution in [1.82, 2.24) is 15.0 Å². The second-order valence-electron chi connectivity index (χ2n) is 7.07. The molecule has 0 bridgehead atoms. The lowest BCUT2D eigenvalue weighted by molar-refractivity contribution is 0.334. The summed E-state index contributed by atoms with van der Waals surface area (Å²) in [7, 11) is 0. The quantitative estimate of drug-likeness (QED) is 0.767. The first-order valence-corrected chi connectivity index (χ1v) is 8.89. The zero-order valence-electron chi connectivity index (χ0n) is 14.8. The van der Waals surface area contributed by atoms with Crippen molar-refractivity contribution in [1.29, 1.82) is 5.26 Å². The van der Waals surface area contributed by atoms with Gasteiger partial charge in [-0.25, -0.2) is 15.0 Å². The molecule has 132 valence electrons. The molecule has 3 rings (SSSR count). The fourth-order valence-corrected chi connectivity index (χ4v) is 3.31. The van der Waals surface area contributed by atoms with Crippen molar-refractivity contribution in [2.24, 2.45) is 11.7 Å². The molecule has 2 aromatic rings. The Morgan fingerprint density at radius 2 is 2.20 bits per heavy atom. The van der Waals surface area contributed by atoms with Gasteiger partial charge in [0.05, 0.1) is 0 Å². The van der Waals surface area contributed by atoms with Crippen LogP contribution in [0.15, 0.2) is 12.3 Å². The van der Waals surface area contributed by atoms with Gasteiger partial charge in [0.15, 0.2) is 5.82 Å². The summed E-state index contributed by atoms with van der Waals surface area (Å²) >= 11 is 0. The number of anilines is 2. The standard InChI is InChI=1S/C18H25N7/c1-11(2)23-17-16-13(7-15(8-19)24-17)10-22-18(25-16)21-9-12-4-3-5-14(20)6-12/h7,10-12,14H,3-6,9,20H2,1-2H3,(H,23,24)(H,21,22,25)/t12?,14-/m1/s1. The first-order valence-electron chi connectivity index (χ1n) is 8.89. The smallest absolute Gasteiger partial charge is 0.223 e. The molecular weight excluding hydrogens is 314 g/mol. The maximum absolute atomic E-state index is 9.16. The molecule has 7 heteroatoms. The van der Waals surface area contributed by atoms with Crippen LogP contribution < -0.4 is 16.4 Å². The zero-order valence-corrected chi connectivity index (χ0v) is 14.8. The number of nitrogens with one attached hydrogen (secondary N) is 2. The molecular formula is C18H25N7. The van der Waals surface area contributed by atoms with Crippen LogP contribution in [0.25, 0.3) is 10.9 Å². The number of fused-ring (bicyclic) bond motifs is 1. The fraction of sp³-hybridized carbons (Fsp3) is 0.556. The van der Waals surface area contributed by atoms with Gasteiger partial charge >= 0.3 is 0 Å². The number of rotatable bonds is 5. The summed E-state index contributed by atoms with van der Waals surface area (Å²) in [5.74, 6) is 1.77. The molecule has 0 amide bonds. The van der Waals surface area contributed by atoms with Crippen LogP contribution in [0.3, 0.4) is 0 Å². The Morgan fingerprint density at radius 3 is 2.92 bits per heavy atom. The van der Waals surface area contributed by atoms with Crippen LogP contribution in [0, 0.1) is 17.2 Å². The average molecular weight is 339 g/mol. The Hall–Kier alpha value is -2.46. The van der Waals surface area contributed by atoms with Gasteiger partial charge in [0, 0.05) is 30.2 Å². The first kappa shape index (κ1) is 17.4. The van der Waals surface area contributed by atoms with Crippen molar-refractivity contribution < 1.29 is 0 Å². The van der Waals surface area contributed by atoms with Crippen LogP contribution in [0.4, 0.5) is 11.8 Å². The van der Waals surface area contributed by atoms with Gasteiger partial charge in [0.1, 0.15) is 17.3 Å². The van der Waals surface area contributed by atoms with E-state index < -0.39 is 0 Å². The number of nitrogens with zero attached hydrogens (tertiary/aromatic N) is 4. The van der Waals surface area contributed by atoms with Crippen molar-refractivity contribution in [3.63, 3.8) is 0 Å². The summed E-state index contributed by atoms with van der Waals surface area (Å²) in [5.41, 5.74) is 7.14. The van der Waals surface area contributed by atoms with Crippen molar-refractivity contribution in [3.8, 4) is 6.07 Å². The maximum Gasteiger partial charge on any atom is 0.223 e. The zero-order chi connectivity index (χ0) is 17.8. The number of hydrogen-bond donors (Lipinski definition) is 3. The molecule has 1 aliphatic rings. The third-order valence-electron chi connectivity index (χ3n) is 4.48. The Labute approximate surface area is 148 Å². The van der Waals surface area contributed by atoms with E-state index in [1.807, 2.05) is 13.8 Å². The molecule has 2 aromatic heterocycles. The van der Waals surface area contributed by atoms with E-state index in [1.165, 1.54) is 12.8 Å². The van der Waals surface area contributed by atoms with Crippen LogP contribution in [-0.2, 0) is 0 Å². The van der Waals surface area contributed by atoms with E-state index in [2.05, 4.69) is 31.7 Å². The summed E-state index contributed by atoms with van der Waals surface area (Å²) in [6, 6.07) is 4.31. The van der Waals surface area contributed by atoms with Crippen LogP contribution in [0.2, 0.25) is 0 Å². The highest BCUT2D eigenvalue weighted by Gasteiger charge is 2.19. The minimum atomic E-state index is 0.194. The summed E-state index contributed by atoms with van der Waals surface area (Å²) in [4.78, 5) is 13.4. The highest BCUT2D eigenvalue weighted by molar-refractivity contribution is 5.89. The topological polar surface area (TPSA) is 113 Å². The first-order chi connectivity index (χ1) is 12.0. The molecule has 2 atom stereocenters. The van der Waals surface area contributed by atoms with Crippen LogP contribution >= 0.6 is 0 Å². The van der Waals surface area contributed by atoms with E-state index >= 15 is 0 Å². The predicted molar refractivity (Wildman–Crippen MR) is 99.2 cm³/mol. The Balaban J connectivity index is 1.81. The largest absolute Gasteiger partial charge is 0.366 e. The summed E-state index contributed by atoms with van der Waals surface area (Å²) < 4.78 is 0. The third kappa shape index (κ3) is 4.34. The second kappa shape index (κ2) is 7.62. The van der Waals surface area contributed by atoms with Gasteiger partial charge in [-0.15, -0.1) is 0 Å². The molecule has 1 fully saturated rings. The average Bonchev–Trinajstić information content (AvgIpc) is 2.59. The van der Waals surface area contributed by atoms with Crippen LogP contribution in [0.1, 0.15) is 45.2 Å². The lowest BCUT2D eigenvalue weighted by Gasteiger charge is -2.26. The third-order valence-corrected chi connectivity index (χ3v) is 4.48. The highest BCUT2D eigenvalue weighted by Crippen LogP contribution is 2.25. The van der Waals surface area contributed by atoms with Gasteiger partial charge in [-0.3, -0.25) is 0 Å². The lowest BCUT2D eigenvalue weighted by atomic mass is 9.86. The van der Waals surface area contributed by atoms with E-state index in [9.17, 15) is 0 Å². The molecule has 25 heavy (non-hydrogen) atoms. The molecule has 1 unspecified atom stereocenters. The molecule has 4 N–H and O–H groups in total. The van der Waals surface area contributed by atoms with Gasteiger partial charge in [0.25, 0.3) is 0 Å². The number of nitriles is 1. The number of pyridine rings is 1. The molecule has 1 saturated carbocycles. The SMILES string of the molecule is CC(C)Nc1nc(C#N)cc2cnc(NCC3CCC[C@@H](N)C3)nc12. The van der Waals surface area contributed by atoms with Crippen LogP contribution in [-0.4, -0.2) is 33.6 Å². The summed E-state index contributed by atoms with van der Waals surface area (Å²) in [6.07, 6.45) is 6.30. The van der Waals surface area contributed by atoms with Crippen molar-refractivity contribution in [2.45, 2.75) is 51.6 Å². The van der Waals surface area contributed by atoms with Gasteiger partial charge in [-0.2, -0.15) is 5.26 Å². The van der Waals surface area contributed by atoms with E-state index in [1.54, 1.807) is 12.3 Å². The Kier molecular flexibility index (Phi) is 5.29. The van der Waals surface area contributed by atoms with E-state index in [0.717, 1.165) is 30.3 Å². The number of hydrogen-bond acceptors (Lipinski definition) is 7. The van der Waals surface area contributed by atoms with Crippen molar-refractivity contribution in [2.75, 3.05) is 17.2 Å². The molecule has 7 nitrogen and oxygen atoms in total. The molecule has 2 heterocycles. The molecule has 0 aliphatic heterocycles. The van der Waals surface area contributed by atoms with Gasteiger partial charge in [0.2, 0.25) is 5.95 Å². The minimum Gasteiger partial charge on any atom is -0.366 e. The van der Waals surface area contributed by atoms with Gasteiger partial charge in [-0.1, -0.05) is 6.42 Å². The normalized spacial score (nSPS) is 20.4.